The topological polar surface area (TPSA) is 44.0 Å². The molecule has 0 unspecified atom stereocenters. The van der Waals surface area contributed by atoms with E-state index in [9.17, 15) is 9.59 Å². The lowest BCUT2D eigenvalue weighted by molar-refractivity contribution is -0.938. The molecule has 0 fully saturated rings. The molecule has 0 radical (unpaired) electrons. The van der Waals surface area contributed by atoms with Crippen LogP contribution in [-0.2, 0) is 26.2 Å². The highest BCUT2D eigenvalue weighted by Crippen LogP contribution is 2.21. The van der Waals surface area contributed by atoms with Gasteiger partial charge in [0, 0.05) is 44.9 Å². The molecule has 0 aliphatic rings. The van der Waals surface area contributed by atoms with Gasteiger partial charge in [0.15, 0.2) is 0 Å². The molecule has 0 saturated carbocycles. The maximum absolute atomic E-state index is 13.4. The zero-order valence-electron chi connectivity index (χ0n) is 29.1. The van der Waals surface area contributed by atoms with Gasteiger partial charge < -0.3 is 42.9 Å². The van der Waals surface area contributed by atoms with E-state index in [1.807, 2.05) is 11.5 Å². The third kappa shape index (κ3) is 13.3. The largest absolute Gasteiger partial charge is 1.00 e. The Kier molecular flexibility index (Phi) is 20.5. The van der Waals surface area contributed by atoms with Gasteiger partial charge in [-0.3, -0.25) is 13.9 Å². The van der Waals surface area contributed by atoms with Crippen molar-refractivity contribution in [2.45, 2.75) is 99.3 Å². The lowest BCUT2D eigenvalue weighted by Gasteiger charge is -2.37. The van der Waals surface area contributed by atoms with Crippen LogP contribution in [0.25, 0.3) is 0 Å². The Morgan fingerprint density at radius 1 is 0.596 bits per heavy atom. The van der Waals surface area contributed by atoms with Crippen molar-refractivity contribution in [2.24, 2.45) is 0 Å². The van der Waals surface area contributed by atoms with E-state index in [1.54, 1.807) is 6.07 Å². The van der Waals surface area contributed by atoms with Crippen molar-refractivity contribution in [3.63, 3.8) is 0 Å². The first kappa shape index (κ1) is 44.0. The molecule has 0 amide bonds. The molecule has 264 valence electrons. The van der Waals surface area contributed by atoms with Crippen LogP contribution in [0.1, 0.15) is 83.0 Å². The Morgan fingerprint density at radius 3 is 1.43 bits per heavy atom. The first-order valence-corrected chi connectivity index (χ1v) is 18.7. The minimum Gasteiger partial charge on any atom is -1.00 e. The summed E-state index contributed by atoms with van der Waals surface area (Å²) in [4.78, 5) is 26.2. The maximum Gasteiger partial charge on any atom is 0.331 e. The molecule has 1 aromatic heterocycles. The molecule has 0 aliphatic carbocycles. The fourth-order valence-corrected chi connectivity index (χ4v) is 7.61. The van der Waals surface area contributed by atoms with Crippen LogP contribution >= 0.6 is 31.9 Å². The number of rotatable bonds is 20. The van der Waals surface area contributed by atoms with Crippen LogP contribution < -0.4 is 45.2 Å². The van der Waals surface area contributed by atoms with Gasteiger partial charge in [-0.15, -0.1) is 0 Å². The maximum atomic E-state index is 13.4. The van der Waals surface area contributed by atoms with E-state index in [0.717, 1.165) is 114 Å². The quantitative estimate of drug-likeness (QED) is 0.129. The predicted octanol–water partition coefficient (Wildman–Crippen LogP) is 2.31. The second kappa shape index (κ2) is 21.9. The number of aryl methyl sites for hydroxylation is 1. The number of quaternary nitrogens is 2. The van der Waals surface area contributed by atoms with E-state index < -0.39 is 0 Å². The average molecular weight is 908 g/mol. The lowest BCUT2D eigenvalue weighted by Crippen LogP contribution is -3.00. The summed E-state index contributed by atoms with van der Waals surface area (Å²) in [7, 11) is 0. The first-order valence-electron chi connectivity index (χ1n) is 17.1. The normalized spacial score (nSPS) is 11.6. The molecule has 2 aromatic carbocycles. The van der Waals surface area contributed by atoms with E-state index in [4.69, 9.17) is 0 Å². The number of hydrogen-bond donors (Lipinski definition) is 0. The molecule has 0 N–H and O–H groups in total. The van der Waals surface area contributed by atoms with Crippen LogP contribution in [0.15, 0.2) is 73.1 Å². The van der Waals surface area contributed by atoms with E-state index in [2.05, 4.69) is 108 Å². The minimum absolute atomic E-state index is 0. The third-order valence-electron chi connectivity index (χ3n) is 10.0. The van der Waals surface area contributed by atoms with E-state index in [0.29, 0.717) is 13.1 Å². The molecule has 0 aliphatic heterocycles. The number of nitrogens with zero attached hydrogens (tertiary/aromatic N) is 4. The van der Waals surface area contributed by atoms with Crippen LogP contribution in [0.2, 0.25) is 0 Å². The zero-order valence-corrected chi connectivity index (χ0v) is 35.5. The molecule has 6 nitrogen and oxygen atoms in total. The van der Waals surface area contributed by atoms with E-state index in [1.165, 1.54) is 15.7 Å². The standard InChI is InChI=1S/C37H56Br2N4O2.2BrH/c1-6-42(7-2,29-32-18-16-20-34(38)27-32)24-14-10-12-22-40-31(5)26-36(44)41(37(40)45)23-13-11-15-25-43(8-3,9-4)30-33-19-17-21-35(39)28-33;;/h16-21,26-28H,6-15,22-25,29-30H2,1-5H3;2*1H/q+2;;/p-2. The van der Waals surface area contributed by atoms with Gasteiger partial charge in [-0.2, -0.15) is 0 Å². The van der Waals surface area contributed by atoms with Crippen LogP contribution in [0.5, 0.6) is 0 Å². The summed E-state index contributed by atoms with van der Waals surface area (Å²) in [5.41, 5.74) is 3.17. The van der Waals surface area contributed by atoms with Crippen molar-refractivity contribution in [1.29, 1.82) is 0 Å². The van der Waals surface area contributed by atoms with Crippen molar-refractivity contribution in [3.05, 3.63) is 101 Å². The van der Waals surface area contributed by atoms with Crippen LogP contribution in [0.3, 0.4) is 0 Å². The fraction of sp³-hybridized carbons (Fsp3) is 0.568. The molecular weight excluding hydrogens is 852 g/mol. The molecule has 0 bridgehead atoms. The summed E-state index contributed by atoms with van der Waals surface area (Å²) in [5.74, 6) is 0. The summed E-state index contributed by atoms with van der Waals surface area (Å²) >= 11 is 7.23. The Hall–Kier alpha value is -1.04. The van der Waals surface area contributed by atoms with Crippen LogP contribution in [0, 0.1) is 6.92 Å². The van der Waals surface area contributed by atoms with E-state index in [-0.39, 0.29) is 45.2 Å². The smallest absolute Gasteiger partial charge is 0.331 e. The summed E-state index contributed by atoms with van der Waals surface area (Å²) in [6.45, 7) is 20.9. The molecule has 3 rings (SSSR count). The van der Waals surface area contributed by atoms with Gasteiger partial charge in [0.1, 0.15) is 13.1 Å². The monoisotopic (exact) mass is 904 g/mol. The fourth-order valence-electron chi connectivity index (χ4n) is 6.72. The lowest BCUT2D eigenvalue weighted by atomic mass is 10.1. The second-order valence-electron chi connectivity index (χ2n) is 12.8. The summed E-state index contributed by atoms with van der Waals surface area (Å²) in [6, 6.07) is 18.9. The highest BCUT2D eigenvalue weighted by atomic mass is 79.9. The van der Waals surface area contributed by atoms with Crippen molar-refractivity contribution in [2.75, 3.05) is 39.3 Å². The van der Waals surface area contributed by atoms with Gasteiger partial charge in [-0.25, -0.2) is 4.79 Å². The Labute approximate surface area is 321 Å². The predicted molar refractivity (Wildman–Crippen MR) is 196 cm³/mol. The molecule has 0 spiro atoms. The first-order chi connectivity index (χ1) is 21.6. The van der Waals surface area contributed by atoms with Gasteiger partial charge in [-0.1, -0.05) is 56.1 Å². The molecule has 0 saturated heterocycles. The van der Waals surface area contributed by atoms with Crippen molar-refractivity contribution in [1.82, 2.24) is 9.13 Å². The Balaban J connectivity index is 0.00000552. The number of hydrogen-bond acceptors (Lipinski definition) is 2. The number of halogens is 4. The molecule has 0 atom stereocenters. The van der Waals surface area contributed by atoms with Gasteiger partial charge in [0.05, 0.1) is 39.3 Å². The third-order valence-corrected chi connectivity index (χ3v) is 11.0. The van der Waals surface area contributed by atoms with Crippen molar-refractivity contribution >= 4 is 31.9 Å². The highest BCUT2D eigenvalue weighted by molar-refractivity contribution is 9.10. The SMILES string of the molecule is CC[N+](CC)(CCCCCn1c(C)cc(=O)n(CCCCC[N+](CC)(CC)Cc2cccc(Br)c2)c1=O)Cc1cccc(Br)c1.[Br-].[Br-]. The van der Waals surface area contributed by atoms with Crippen molar-refractivity contribution < 1.29 is 42.9 Å². The summed E-state index contributed by atoms with van der Waals surface area (Å²) in [6.07, 6.45) is 6.07. The molecule has 3 aromatic rings. The Morgan fingerprint density at radius 2 is 1.02 bits per heavy atom. The molecule has 10 heteroatoms. The number of unbranched alkanes of at least 4 members (excludes halogenated alkanes) is 4. The van der Waals surface area contributed by atoms with Gasteiger partial charge in [0.25, 0.3) is 5.56 Å². The number of benzene rings is 2. The minimum atomic E-state index is -0.170. The average Bonchev–Trinajstić information content (AvgIpc) is 3.02. The second-order valence-corrected chi connectivity index (χ2v) is 14.6. The molecule has 1 heterocycles. The summed E-state index contributed by atoms with van der Waals surface area (Å²) in [5, 5.41) is 0. The molecule has 47 heavy (non-hydrogen) atoms. The van der Waals surface area contributed by atoms with Gasteiger partial charge in [0.2, 0.25) is 0 Å². The number of aromatic nitrogens is 2. The van der Waals surface area contributed by atoms with E-state index >= 15 is 0 Å². The van der Waals surface area contributed by atoms with Crippen molar-refractivity contribution in [3.8, 4) is 0 Å². The zero-order chi connectivity index (χ0) is 32.9. The van der Waals surface area contributed by atoms with Crippen LogP contribution in [-0.4, -0.2) is 57.4 Å². The van der Waals surface area contributed by atoms with Gasteiger partial charge >= 0.3 is 5.69 Å². The Bertz CT molecular complexity index is 1470. The molecular formula is C37H56Br4N4O2. The highest BCUT2D eigenvalue weighted by Gasteiger charge is 2.24. The summed E-state index contributed by atoms with van der Waals surface area (Å²) < 4.78 is 7.66. The van der Waals surface area contributed by atoms with Crippen LogP contribution in [0.4, 0.5) is 0 Å². The van der Waals surface area contributed by atoms with Gasteiger partial charge in [-0.05, 0) is 97.4 Å².